The minimum atomic E-state index is -0.479. The first kappa shape index (κ1) is 14.5. The van der Waals surface area contributed by atoms with Crippen molar-refractivity contribution >= 4 is 0 Å². The number of nitrogens with zero attached hydrogens (tertiary/aromatic N) is 1. The van der Waals surface area contributed by atoms with Crippen molar-refractivity contribution in [1.82, 2.24) is 0 Å². The fourth-order valence-corrected chi connectivity index (χ4v) is 2.12. The monoisotopic (exact) mass is 243 g/mol. The van der Waals surface area contributed by atoms with E-state index in [0.717, 1.165) is 5.56 Å². The lowest BCUT2D eigenvalue weighted by atomic mass is 9.70. The van der Waals surface area contributed by atoms with E-state index in [1.54, 1.807) is 0 Å². The van der Waals surface area contributed by atoms with E-state index in [1.165, 1.54) is 0 Å². The zero-order chi connectivity index (χ0) is 13.4. The lowest BCUT2D eigenvalue weighted by Gasteiger charge is -2.30. The Balaban J connectivity index is 3.00. The molecule has 18 heavy (non-hydrogen) atoms. The SMILES string of the molecule is CC(C)[C@@](C#N)(C/C=C/CCO)c1ccccc1. The maximum absolute atomic E-state index is 9.62. The minimum absolute atomic E-state index is 0.156. The summed E-state index contributed by atoms with van der Waals surface area (Å²) in [6.45, 7) is 4.31. The largest absolute Gasteiger partial charge is 0.396 e. The molecule has 1 atom stereocenters. The summed E-state index contributed by atoms with van der Waals surface area (Å²) in [4.78, 5) is 0. The maximum atomic E-state index is 9.62. The molecular weight excluding hydrogens is 222 g/mol. The van der Waals surface area contributed by atoms with Gasteiger partial charge in [0.25, 0.3) is 0 Å². The van der Waals surface area contributed by atoms with Crippen molar-refractivity contribution in [3.8, 4) is 6.07 Å². The van der Waals surface area contributed by atoms with E-state index in [2.05, 4.69) is 19.9 Å². The minimum Gasteiger partial charge on any atom is -0.396 e. The quantitative estimate of drug-likeness (QED) is 0.778. The van der Waals surface area contributed by atoms with Crippen LogP contribution in [0.2, 0.25) is 0 Å². The van der Waals surface area contributed by atoms with Crippen LogP contribution in [0.3, 0.4) is 0 Å². The van der Waals surface area contributed by atoms with Crippen LogP contribution in [0, 0.1) is 17.2 Å². The number of hydrogen-bond acceptors (Lipinski definition) is 2. The Labute approximate surface area is 110 Å². The molecule has 0 spiro atoms. The highest BCUT2D eigenvalue weighted by molar-refractivity contribution is 5.34. The van der Waals surface area contributed by atoms with Gasteiger partial charge in [-0.1, -0.05) is 56.3 Å². The number of nitriles is 1. The van der Waals surface area contributed by atoms with E-state index in [9.17, 15) is 5.26 Å². The number of rotatable bonds is 6. The molecule has 0 saturated heterocycles. The topological polar surface area (TPSA) is 44.0 Å². The predicted octanol–water partition coefficient (Wildman–Crippen LogP) is 3.43. The molecule has 1 rings (SSSR count). The van der Waals surface area contributed by atoms with Crippen LogP contribution in [0.5, 0.6) is 0 Å². The zero-order valence-electron chi connectivity index (χ0n) is 11.1. The summed E-state index contributed by atoms with van der Waals surface area (Å²) in [5.41, 5.74) is 0.587. The van der Waals surface area contributed by atoms with Gasteiger partial charge in [-0.15, -0.1) is 0 Å². The highest BCUT2D eigenvalue weighted by atomic mass is 16.2. The summed E-state index contributed by atoms with van der Waals surface area (Å²) < 4.78 is 0. The van der Waals surface area contributed by atoms with Gasteiger partial charge in [0.1, 0.15) is 0 Å². The van der Waals surface area contributed by atoms with Crippen LogP contribution < -0.4 is 0 Å². The first-order valence-electron chi connectivity index (χ1n) is 6.40. The molecule has 0 radical (unpaired) electrons. The van der Waals surface area contributed by atoms with Crippen molar-refractivity contribution in [2.75, 3.05) is 6.61 Å². The Hall–Kier alpha value is -1.59. The van der Waals surface area contributed by atoms with Crippen molar-refractivity contribution in [3.05, 3.63) is 48.0 Å². The average molecular weight is 243 g/mol. The van der Waals surface area contributed by atoms with Gasteiger partial charge >= 0.3 is 0 Å². The highest BCUT2D eigenvalue weighted by Gasteiger charge is 2.34. The summed E-state index contributed by atoms with van der Waals surface area (Å²) in [5, 5.41) is 18.4. The van der Waals surface area contributed by atoms with Gasteiger partial charge in [-0.05, 0) is 24.3 Å². The first-order chi connectivity index (χ1) is 8.67. The second-order valence-corrected chi connectivity index (χ2v) is 4.79. The lowest BCUT2D eigenvalue weighted by molar-refractivity contribution is 0.302. The highest BCUT2D eigenvalue weighted by Crippen LogP contribution is 2.35. The second-order valence-electron chi connectivity index (χ2n) is 4.79. The fraction of sp³-hybridized carbons (Fsp3) is 0.438. The number of aliphatic hydroxyl groups excluding tert-OH is 1. The molecule has 1 aromatic carbocycles. The molecule has 2 nitrogen and oxygen atoms in total. The molecule has 1 aromatic rings. The Kier molecular flexibility index (Phi) is 5.61. The summed E-state index contributed by atoms with van der Waals surface area (Å²) in [6, 6.07) is 12.4. The normalized spacial score (nSPS) is 14.6. The second kappa shape index (κ2) is 6.98. The van der Waals surface area contributed by atoms with Crippen LogP contribution in [0.1, 0.15) is 32.3 Å². The van der Waals surface area contributed by atoms with Gasteiger partial charge in [-0.25, -0.2) is 0 Å². The lowest BCUT2D eigenvalue weighted by Crippen LogP contribution is -2.30. The molecule has 0 aliphatic carbocycles. The van der Waals surface area contributed by atoms with Crippen molar-refractivity contribution in [1.29, 1.82) is 5.26 Å². The fourth-order valence-electron chi connectivity index (χ4n) is 2.12. The van der Waals surface area contributed by atoms with Crippen LogP contribution in [0.25, 0.3) is 0 Å². The zero-order valence-corrected chi connectivity index (χ0v) is 11.1. The average Bonchev–Trinajstić information content (AvgIpc) is 2.40. The summed E-state index contributed by atoms with van der Waals surface area (Å²) in [5.74, 6) is 0.240. The third-order valence-electron chi connectivity index (χ3n) is 3.38. The summed E-state index contributed by atoms with van der Waals surface area (Å²) in [7, 11) is 0. The van der Waals surface area contributed by atoms with Gasteiger partial charge in [0.2, 0.25) is 0 Å². The molecule has 0 saturated carbocycles. The van der Waals surface area contributed by atoms with E-state index >= 15 is 0 Å². The molecular formula is C16H21NO. The van der Waals surface area contributed by atoms with Gasteiger partial charge in [0.15, 0.2) is 0 Å². The molecule has 0 unspecified atom stereocenters. The smallest absolute Gasteiger partial charge is 0.0879 e. The summed E-state index contributed by atoms with van der Waals surface area (Å²) >= 11 is 0. The van der Waals surface area contributed by atoms with Gasteiger partial charge in [-0.3, -0.25) is 0 Å². The standard InChI is InChI=1S/C16H21NO/c1-14(2)16(13-17,11-7-4-8-12-18)15-9-5-3-6-10-15/h3-7,9-10,14,18H,8,11-12H2,1-2H3/b7-4+/t16-/m0/s1. The van der Waals surface area contributed by atoms with E-state index in [4.69, 9.17) is 5.11 Å². The Bertz CT molecular complexity index is 416. The van der Waals surface area contributed by atoms with Crippen LogP contribution in [0.4, 0.5) is 0 Å². The molecule has 0 aliphatic heterocycles. The molecule has 0 bridgehead atoms. The third kappa shape index (κ3) is 3.21. The van der Waals surface area contributed by atoms with Crippen molar-refractivity contribution in [2.45, 2.75) is 32.1 Å². The molecule has 0 amide bonds. The Morgan fingerprint density at radius 3 is 2.44 bits per heavy atom. The van der Waals surface area contributed by atoms with Gasteiger partial charge < -0.3 is 5.11 Å². The molecule has 0 heterocycles. The maximum Gasteiger partial charge on any atom is 0.0879 e. The van der Waals surface area contributed by atoms with Crippen LogP contribution in [0.15, 0.2) is 42.5 Å². The van der Waals surface area contributed by atoms with Crippen molar-refractivity contribution in [3.63, 3.8) is 0 Å². The predicted molar refractivity (Wildman–Crippen MR) is 74.0 cm³/mol. The molecule has 1 N–H and O–H groups in total. The van der Waals surface area contributed by atoms with E-state index in [-0.39, 0.29) is 12.5 Å². The molecule has 2 heteroatoms. The number of allylic oxidation sites excluding steroid dienone is 1. The van der Waals surface area contributed by atoms with Crippen LogP contribution >= 0.6 is 0 Å². The number of hydrogen-bond donors (Lipinski definition) is 1. The third-order valence-corrected chi connectivity index (χ3v) is 3.38. The molecule has 0 aromatic heterocycles. The molecule has 96 valence electrons. The number of benzene rings is 1. The van der Waals surface area contributed by atoms with Crippen LogP contribution in [-0.2, 0) is 5.41 Å². The Morgan fingerprint density at radius 2 is 1.94 bits per heavy atom. The first-order valence-corrected chi connectivity index (χ1v) is 6.40. The van der Waals surface area contributed by atoms with E-state index in [1.807, 2.05) is 42.5 Å². The summed E-state index contributed by atoms with van der Waals surface area (Å²) in [6.07, 6.45) is 5.28. The van der Waals surface area contributed by atoms with Gasteiger partial charge in [-0.2, -0.15) is 5.26 Å². The van der Waals surface area contributed by atoms with E-state index < -0.39 is 5.41 Å². The Morgan fingerprint density at radius 1 is 1.28 bits per heavy atom. The van der Waals surface area contributed by atoms with Crippen LogP contribution in [-0.4, -0.2) is 11.7 Å². The van der Waals surface area contributed by atoms with Gasteiger partial charge in [0, 0.05) is 6.61 Å². The van der Waals surface area contributed by atoms with E-state index in [0.29, 0.717) is 12.8 Å². The van der Waals surface area contributed by atoms with Gasteiger partial charge in [0.05, 0.1) is 11.5 Å². The number of aliphatic hydroxyl groups is 1. The van der Waals surface area contributed by atoms with Crippen molar-refractivity contribution in [2.24, 2.45) is 5.92 Å². The van der Waals surface area contributed by atoms with Crippen molar-refractivity contribution < 1.29 is 5.11 Å². The molecule has 0 aliphatic rings. The molecule has 0 fully saturated rings.